The molecule has 1 aliphatic heterocycles. The Balaban J connectivity index is 1.57. The molecule has 4 heterocycles. The summed E-state index contributed by atoms with van der Waals surface area (Å²) in [5.74, 6) is 1.29. The molecule has 1 saturated heterocycles. The molecule has 222 valence electrons. The second-order valence-corrected chi connectivity index (χ2v) is 11.6. The number of nitrogens with one attached hydrogen (secondary N) is 1. The molecule has 12 heteroatoms. The van der Waals surface area contributed by atoms with Crippen molar-refractivity contribution in [2.45, 2.75) is 52.5 Å². The van der Waals surface area contributed by atoms with E-state index in [0.29, 0.717) is 35.0 Å². The highest BCUT2D eigenvalue weighted by atomic mass is 19.4. The van der Waals surface area contributed by atoms with E-state index >= 15 is 0 Å². The Morgan fingerprint density at radius 2 is 1.76 bits per heavy atom. The molecule has 4 aromatic rings. The van der Waals surface area contributed by atoms with Crippen LogP contribution >= 0.6 is 0 Å². The highest BCUT2D eigenvalue weighted by molar-refractivity contribution is 5.93. The Morgan fingerprint density at radius 1 is 0.976 bits per heavy atom. The zero-order chi connectivity index (χ0) is 30.3. The molecule has 6 nitrogen and oxygen atoms in total. The second-order valence-electron chi connectivity index (χ2n) is 11.6. The van der Waals surface area contributed by atoms with Crippen LogP contribution in [0.4, 0.5) is 37.8 Å². The van der Waals surface area contributed by atoms with Gasteiger partial charge in [0.1, 0.15) is 17.3 Å². The lowest BCUT2D eigenvalue weighted by Gasteiger charge is -2.29. The first-order valence-corrected chi connectivity index (χ1v) is 13.5. The molecule has 0 saturated carbocycles. The molecule has 0 bridgehead atoms. The Bertz CT molecular complexity index is 1570. The molecule has 1 unspecified atom stereocenters. The van der Waals surface area contributed by atoms with Gasteiger partial charge in [-0.1, -0.05) is 26.8 Å². The number of anilines is 2. The Hall–Kier alpha value is -3.80. The highest BCUT2D eigenvalue weighted by Crippen LogP contribution is 2.38. The normalized spacial score (nSPS) is 18.2. The minimum absolute atomic E-state index is 0.0693. The van der Waals surface area contributed by atoms with Crippen LogP contribution in [0.2, 0.25) is 0 Å². The molecular formula is C30H30F6N6. The van der Waals surface area contributed by atoms with Crippen molar-refractivity contribution in [3.63, 3.8) is 0 Å². The molecule has 42 heavy (non-hydrogen) atoms. The summed E-state index contributed by atoms with van der Waals surface area (Å²) in [6, 6.07) is 8.94. The van der Waals surface area contributed by atoms with Crippen LogP contribution in [-0.2, 0) is 18.9 Å². The van der Waals surface area contributed by atoms with Gasteiger partial charge in [0, 0.05) is 23.7 Å². The standard InChI is InChI=1S/C30H30F6N6/c1-18-10-12-42(17-28(2,3)14-18)16-25-40-23-13-19(26-22(29(31,32)33)5-4-11-37-26)6-8-21(23)27(41-25)39-20-7-9-24(38-15-20)30(34,35)36/h4-9,11,13,15,18H,10,12,14,16-17H2,1-3H3,(H,39,40,41). The van der Waals surface area contributed by atoms with Gasteiger partial charge in [-0.3, -0.25) is 9.88 Å². The number of likely N-dealkylation sites (tertiary alicyclic amines) is 1. The highest BCUT2D eigenvalue weighted by Gasteiger charge is 2.35. The number of pyridine rings is 2. The predicted octanol–water partition coefficient (Wildman–Crippen LogP) is 8.13. The van der Waals surface area contributed by atoms with E-state index in [9.17, 15) is 26.3 Å². The fourth-order valence-corrected chi connectivity index (χ4v) is 5.66. The van der Waals surface area contributed by atoms with Gasteiger partial charge < -0.3 is 5.32 Å². The van der Waals surface area contributed by atoms with E-state index < -0.39 is 23.6 Å². The lowest BCUT2D eigenvalue weighted by atomic mass is 9.83. The summed E-state index contributed by atoms with van der Waals surface area (Å²) in [4.78, 5) is 19.2. The molecule has 1 aromatic carbocycles. The molecule has 5 rings (SSSR count). The minimum atomic E-state index is -4.60. The lowest BCUT2D eigenvalue weighted by Crippen LogP contribution is -2.33. The number of rotatable bonds is 5. The van der Waals surface area contributed by atoms with Crippen molar-refractivity contribution in [1.82, 2.24) is 24.8 Å². The van der Waals surface area contributed by atoms with E-state index in [-0.39, 0.29) is 22.4 Å². The SMILES string of the molecule is CC1CCN(Cc2nc(Nc3ccc(C(F)(F)F)nc3)c3ccc(-c4ncccc4C(F)(F)F)cc3n2)CC(C)(C)C1. The van der Waals surface area contributed by atoms with Crippen LogP contribution in [0.3, 0.4) is 0 Å². The van der Waals surface area contributed by atoms with Crippen molar-refractivity contribution < 1.29 is 26.3 Å². The van der Waals surface area contributed by atoms with E-state index in [2.05, 4.69) is 41.0 Å². The van der Waals surface area contributed by atoms with Crippen molar-refractivity contribution in [2.75, 3.05) is 18.4 Å². The number of halogens is 6. The number of alkyl halides is 6. The van der Waals surface area contributed by atoms with Crippen molar-refractivity contribution in [1.29, 1.82) is 0 Å². The number of benzene rings is 1. The van der Waals surface area contributed by atoms with Gasteiger partial charge in [0.05, 0.1) is 35.2 Å². The van der Waals surface area contributed by atoms with Gasteiger partial charge in [-0.05, 0) is 67.1 Å². The third-order valence-electron chi connectivity index (χ3n) is 7.30. The summed E-state index contributed by atoms with van der Waals surface area (Å²) < 4.78 is 80.3. The summed E-state index contributed by atoms with van der Waals surface area (Å²) in [5.41, 5.74) is -1.18. The molecule has 3 aromatic heterocycles. The van der Waals surface area contributed by atoms with Crippen molar-refractivity contribution in [2.24, 2.45) is 11.3 Å². The molecule has 0 aliphatic carbocycles. The Labute approximate surface area is 239 Å². The van der Waals surface area contributed by atoms with E-state index in [1.807, 2.05) is 0 Å². The van der Waals surface area contributed by atoms with Gasteiger partial charge in [0.25, 0.3) is 0 Å². The topological polar surface area (TPSA) is 66.8 Å². The van der Waals surface area contributed by atoms with E-state index in [4.69, 9.17) is 9.97 Å². The van der Waals surface area contributed by atoms with Gasteiger partial charge in [0.2, 0.25) is 0 Å². The van der Waals surface area contributed by atoms with Crippen molar-refractivity contribution in [3.8, 4) is 11.3 Å². The fraction of sp³-hybridized carbons (Fsp3) is 0.400. The van der Waals surface area contributed by atoms with Gasteiger partial charge in [-0.15, -0.1) is 0 Å². The third kappa shape index (κ3) is 6.80. The summed E-state index contributed by atoms with van der Waals surface area (Å²) in [6.07, 6.45) is -4.74. The Kier molecular flexibility index (Phi) is 7.86. The van der Waals surface area contributed by atoms with Gasteiger partial charge >= 0.3 is 12.4 Å². The molecule has 1 atom stereocenters. The summed E-state index contributed by atoms with van der Waals surface area (Å²) in [7, 11) is 0. The lowest BCUT2D eigenvalue weighted by molar-refractivity contribution is -0.141. The first kappa shape index (κ1) is 29.7. The fourth-order valence-electron chi connectivity index (χ4n) is 5.66. The molecule has 0 amide bonds. The summed E-state index contributed by atoms with van der Waals surface area (Å²) in [5, 5.41) is 3.52. The first-order chi connectivity index (χ1) is 19.7. The van der Waals surface area contributed by atoms with Gasteiger partial charge in [-0.2, -0.15) is 26.3 Å². The maximum atomic E-state index is 13.7. The van der Waals surface area contributed by atoms with Crippen LogP contribution in [0, 0.1) is 11.3 Å². The van der Waals surface area contributed by atoms with Gasteiger partial charge in [-0.25, -0.2) is 15.0 Å². The Morgan fingerprint density at radius 3 is 2.45 bits per heavy atom. The number of fused-ring (bicyclic) bond motifs is 1. The maximum Gasteiger partial charge on any atom is 0.433 e. The zero-order valence-corrected chi connectivity index (χ0v) is 23.3. The molecular weight excluding hydrogens is 558 g/mol. The predicted molar refractivity (Wildman–Crippen MR) is 148 cm³/mol. The number of aromatic nitrogens is 4. The third-order valence-corrected chi connectivity index (χ3v) is 7.30. The van der Waals surface area contributed by atoms with Crippen LogP contribution < -0.4 is 5.32 Å². The molecule has 1 N–H and O–H groups in total. The van der Waals surface area contributed by atoms with Crippen LogP contribution in [0.15, 0.2) is 54.9 Å². The molecule has 1 fully saturated rings. The first-order valence-electron chi connectivity index (χ1n) is 13.5. The average Bonchev–Trinajstić information content (AvgIpc) is 3.03. The maximum absolute atomic E-state index is 13.7. The minimum Gasteiger partial charge on any atom is -0.338 e. The van der Waals surface area contributed by atoms with Crippen molar-refractivity contribution in [3.05, 3.63) is 71.9 Å². The van der Waals surface area contributed by atoms with Crippen LogP contribution in [-0.4, -0.2) is 37.9 Å². The second kappa shape index (κ2) is 11.1. The molecule has 1 aliphatic rings. The van der Waals surface area contributed by atoms with Crippen LogP contribution in [0.25, 0.3) is 22.2 Å². The monoisotopic (exact) mass is 588 g/mol. The number of hydrogen-bond donors (Lipinski definition) is 1. The smallest absolute Gasteiger partial charge is 0.338 e. The van der Waals surface area contributed by atoms with E-state index in [0.717, 1.165) is 44.3 Å². The van der Waals surface area contributed by atoms with Gasteiger partial charge in [0.15, 0.2) is 0 Å². The zero-order valence-electron chi connectivity index (χ0n) is 23.3. The van der Waals surface area contributed by atoms with Crippen LogP contribution in [0.1, 0.15) is 50.7 Å². The van der Waals surface area contributed by atoms with Crippen molar-refractivity contribution >= 4 is 22.4 Å². The van der Waals surface area contributed by atoms with Crippen LogP contribution in [0.5, 0.6) is 0 Å². The molecule has 0 radical (unpaired) electrons. The summed E-state index contributed by atoms with van der Waals surface area (Å²) >= 11 is 0. The number of nitrogens with zero attached hydrogens (tertiary/aromatic N) is 5. The van der Waals surface area contributed by atoms with E-state index in [1.165, 1.54) is 30.5 Å². The number of hydrogen-bond acceptors (Lipinski definition) is 6. The molecule has 0 spiro atoms. The largest absolute Gasteiger partial charge is 0.433 e. The summed E-state index contributed by atoms with van der Waals surface area (Å²) in [6.45, 7) is 8.70. The van der Waals surface area contributed by atoms with E-state index in [1.54, 1.807) is 6.07 Å². The quantitative estimate of drug-likeness (QED) is 0.238. The average molecular weight is 589 g/mol.